The first-order valence-electron chi connectivity index (χ1n) is 6.70. The highest BCUT2D eigenvalue weighted by atomic mass is 19.4. The molecule has 0 aliphatic carbocycles. The number of nitrogens with one attached hydrogen (secondary N) is 1. The van der Waals surface area contributed by atoms with Crippen LogP contribution in [0.15, 0.2) is 12.1 Å². The van der Waals surface area contributed by atoms with E-state index in [1.807, 2.05) is 0 Å². The topological polar surface area (TPSA) is 41.0 Å². The third-order valence-corrected chi connectivity index (χ3v) is 2.71. The Morgan fingerprint density at radius 1 is 1.25 bits per heavy atom. The van der Waals surface area contributed by atoms with Crippen molar-refractivity contribution < 1.29 is 13.2 Å². The summed E-state index contributed by atoms with van der Waals surface area (Å²) in [6.07, 6.45) is -3.24. The Bertz CT molecular complexity index is 390. The van der Waals surface area contributed by atoms with E-state index in [1.54, 1.807) is 26.0 Å². The monoisotopic (exact) mass is 290 g/mol. The van der Waals surface area contributed by atoms with Crippen molar-refractivity contribution in [3.05, 3.63) is 17.8 Å². The number of nitrogens with zero attached hydrogens (tertiary/aromatic N) is 3. The van der Waals surface area contributed by atoms with Gasteiger partial charge in [0.25, 0.3) is 0 Å². The van der Waals surface area contributed by atoms with E-state index in [0.717, 1.165) is 18.7 Å². The molecule has 0 aliphatic heterocycles. The van der Waals surface area contributed by atoms with Crippen LogP contribution in [0.1, 0.15) is 32.9 Å². The number of alkyl halides is 3. The molecule has 4 nitrogen and oxygen atoms in total. The summed E-state index contributed by atoms with van der Waals surface area (Å²) in [6, 6.07) is 2.99. The van der Waals surface area contributed by atoms with Gasteiger partial charge >= 0.3 is 6.18 Å². The van der Waals surface area contributed by atoms with Gasteiger partial charge in [-0.3, -0.25) is 0 Å². The lowest BCUT2D eigenvalue weighted by molar-refractivity contribution is -0.120. The molecule has 1 N–H and O–H groups in total. The van der Waals surface area contributed by atoms with Crippen LogP contribution in [0.3, 0.4) is 0 Å². The van der Waals surface area contributed by atoms with Crippen molar-refractivity contribution in [2.45, 2.75) is 46.0 Å². The lowest BCUT2D eigenvalue weighted by atomic mass is 10.3. The molecule has 0 amide bonds. The van der Waals surface area contributed by atoms with Crippen LogP contribution in [0.2, 0.25) is 0 Å². The predicted octanol–water partition coefficient (Wildman–Crippen LogP) is 2.75. The summed E-state index contributed by atoms with van der Waals surface area (Å²) in [5, 5.41) is 11.0. The molecule has 1 heterocycles. The Morgan fingerprint density at radius 2 is 1.95 bits per heavy atom. The van der Waals surface area contributed by atoms with Crippen LogP contribution in [0.4, 0.5) is 19.0 Å². The van der Waals surface area contributed by atoms with Gasteiger partial charge in [0, 0.05) is 12.6 Å². The first-order chi connectivity index (χ1) is 9.33. The molecule has 1 aromatic rings. The van der Waals surface area contributed by atoms with Gasteiger partial charge in [0.15, 0.2) is 5.82 Å². The summed E-state index contributed by atoms with van der Waals surface area (Å²) < 4.78 is 37.6. The largest absolute Gasteiger partial charge is 0.405 e. The molecule has 0 atom stereocenters. The minimum atomic E-state index is -4.26. The first-order valence-corrected chi connectivity index (χ1v) is 6.70. The summed E-state index contributed by atoms with van der Waals surface area (Å²) >= 11 is 0. The van der Waals surface area contributed by atoms with Gasteiger partial charge in [-0.1, -0.05) is 6.92 Å². The maximum atomic E-state index is 12.5. The lowest BCUT2D eigenvalue weighted by Gasteiger charge is -2.28. The second kappa shape index (κ2) is 7.42. The van der Waals surface area contributed by atoms with Gasteiger partial charge in [-0.25, -0.2) is 0 Å². The molecule has 1 rings (SSSR count). The SMILES string of the molecule is CCCNCc1ccc(N(CC(F)(F)F)C(C)C)nn1. The molecule has 7 heteroatoms. The van der Waals surface area contributed by atoms with Crippen LogP contribution in [-0.2, 0) is 6.54 Å². The van der Waals surface area contributed by atoms with Crippen LogP contribution in [0.25, 0.3) is 0 Å². The maximum absolute atomic E-state index is 12.5. The number of anilines is 1. The van der Waals surface area contributed by atoms with Crippen LogP contribution in [-0.4, -0.2) is 35.5 Å². The highest BCUT2D eigenvalue weighted by molar-refractivity contribution is 5.38. The van der Waals surface area contributed by atoms with Crippen LogP contribution in [0, 0.1) is 0 Å². The van der Waals surface area contributed by atoms with Crippen molar-refractivity contribution >= 4 is 5.82 Å². The molecule has 0 radical (unpaired) electrons. The van der Waals surface area contributed by atoms with Gasteiger partial charge in [0.1, 0.15) is 6.54 Å². The minimum absolute atomic E-state index is 0.247. The zero-order valence-corrected chi connectivity index (χ0v) is 12.0. The zero-order chi connectivity index (χ0) is 15.2. The Labute approximate surface area is 117 Å². The number of hydrogen-bond acceptors (Lipinski definition) is 4. The van der Waals surface area contributed by atoms with Crippen LogP contribution in [0.5, 0.6) is 0 Å². The molecule has 0 spiro atoms. The fourth-order valence-electron chi connectivity index (χ4n) is 1.71. The Balaban J connectivity index is 2.73. The normalized spacial score (nSPS) is 11.9. The van der Waals surface area contributed by atoms with Gasteiger partial charge in [-0.05, 0) is 38.9 Å². The van der Waals surface area contributed by atoms with Crippen molar-refractivity contribution in [3.8, 4) is 0 Å². The molecule has 0 bridgehead atoms. The number of hydrogen-bond donors (Lipinski definition) is 1. The summed E-state index contributed by atoms with van der Waals surface area (Å²) in [5.74, 6) is 0.247. The lowest BCUT2D eigenvalue weighted by Crippen LogP contribution is -2.39. The molecule has 1 aromatic heterocycles. The molecule has 20 heavy (non-hydrogen) atoms. The number of rotatable bonds is 7. The molecule has 0 aliphatic rings. The number of halogens is 3. The van der Waals surface area contributed by atoms with E-state index < -0.39 is 12.7 Å². The van der Waals surface area contributed by atoms with E-state index in [9.17, 15) is 13.2 Å². The standard InChI is InChI=1S/C13H21F3N4/c1-4-7-17-8-11-5-6-12(19-18-11)20(10(2)3)9-13(14,15)16/h5-6,10,17H,4,7-9H2,1-3H3. The zero-order valence-electron chi connectivity index (χ0n) is 12.0. The average molecular weight is 290 g/mol. The smallest absolute Gasteiger partial charge is 0.344 e. The first kappa shape index (κ1) is 16.7. The van der Waals surface area contributed by atoms with Crippen molar-refractivity contribution in [2.75, 3.05) is 18.0 Å². The van der Waals surface area contributed by atoms with E-state index in [0.29, 0.717) is 6.54 Å². The second-order valence-electron chi connectivity index (χ2n) is 4.90. The summed E-state index contributed by atoms with van der Waals surface area (Å²) in [7, 11) is 0. The van der Waals surface area contributed by atoms with E-state index in [4.69, 9.17) is 0 Å². The van der Waals surface area contributed by atoms with Gasteiger partial charge in [-0.15, -0.1) is 5.10 Å². The Hall–Kier alpha value is -1.37. The Kier molecular flexibility index (Phi) is 6.19. The summed E-state index contributed by atoms with van der Waals surface area (Å²) in [5.41, 5.74) is 0.720. The third-order valence-electron chi connectivity index (χ3n) is 2.71. The van der Waals surface area contributed by atoms with Crippen molar-refractivity contribution in [2.24, 2.45) is 0 Å². The fraction of sp³-hybridized carbons (Fsp3) is 0.692. The Morgan fingerprint density at radius 3 is 2.40 bits per heavy atom. The highest BCUT2D eigenvalue weighted by Crippen LogP contribution is 2.22. The predicted molar refractivity (Wildman–Crippen MR) is 72.6 cm³/mol. The van der Waals surface area contributed by atoms with Gasteiger partial charge < -0.3 is 10.2 Å². The van der Waals surface area contributed by atoms with Crippen molar-refractivity contribution in [1.82, 2.24) is 15.5 Å². The third kappa shape index (κ3) is 5.73. The van der Waals surface area contributed by atoms with Crippen LogP contribution < -0.4 is 10.2 Å². The highest BCUT2D eigenvalue weighted by Gasteiger charge is 2.32. The van der Waals surface area contributed by atoms with E-state index >= 15 is 0 Å². The van der Waals surface area contributed by atoms with E-state index in [1.165, 1.54) is 4.90 Å². The minimum Gasteiger partial charge on any atom is -0.344 e. The number of aromatic nitrogens is 2. The van der Waals surface area contributed by atoms with Crippen molar-refractivity contribution in [3.63, 3.8) is 0 Å². The van der Waals surface area contributed by atoms with Crippen molar-refractivity contribution in [1.29, 1.82) is 0 Å². The van der Waals surface area contributed by atoms with Gasteiger partial charge in [-0.2, -0.15) is 18.3 Å². The van der Waals surface area contributed by atoms with Crippen LogP contribution >= 0.6 is 0 Å². The fourth-order valence-corrected chi connectivity index (χ4v) is 1.71. The summed E-state index contributed by atoms with van der Waals surface area (Å²) in [4.78, 5) is 1.19. The average Bonchev–Trinajstić information content (AvgIpc) is 2.36. The molecular weight excluding hydrogens is 269 g/mol. The van der Waals surface area contributed by atoms with E-state index in [2.05, 4.69) is 22.4 Å². The van der Waals surface area contributed by atoms with Gasteiger partial charge in [0.05, 0.1) is 5.69 Å². The van der Waals surface area contributed by atoms with Gasteiger partial charge in [0.2, 0.25) is 0 Å². The van der Waals surface area contributed by atoms with E-state index in [-0.39, 0.29) is 11.9 Å². The molecular formula is C13H21F3N4. The quantitative estimate of drug-likeness (QED) is 0.784. The molecule has 0 saturated heterocycles. The maximum Gasteiger partial charge on any atom is 0.405 e. The molecule has 114 valence electrons. The molecule has 0 unspecified atom stereocenters. The molecule has 0 fully saturated rings. The summed E-state index contributed by atoms with van der Waals surface area (Å²) in [6.45, 7) is 5.87. The molecule has 0 saturated carbocycles. The molecule has 0 aromatic carbocycles. The second-order valence-corrected chi connectivity index (χ2v) is 4.90.